The van der Waals surface area contributed by atoms with Gasteiger partial charge in [-0.05, 0) is 45.6 Å². The minimum absolute atomic E-state index is 0.772. The van der Waals surface area contributed by atoms with Crippen LogP contribution in [0.1, 0.15) is 30.7 Å². The van der Waals surface area contributed by atoms with Crippen LogP contribution in [0.4, 0.5) is 5.82 Å². The summed E-state index contributed by atoms with van der Waals surface area (Å²) in [7, 11) is 0. The van der Waals surface area contributed by atoms with E-state index in [0.29, 0.717) is 0 Å². The third-order valence-electron chi connectivity index (χ3n) is 4.14. The number of aromatic nitrogens is 2. The summed E-state index contributed by atoms with van der Waals surface area (Å²) in [5.74, 6) is 1.69. The predicted octanol–water partition coefficient (Wildman–Crippen LogP) is 1.99. The number of nitrogens with one attached hydrogen (secondary N) is 1. The molecule has 0 amide bonds. The van der Waals surface area contributed by atoms with Crippen LogP contribution in [0.15, 0.2) is 6.20 Å². The second kappa shape index (κ2) is 4.84. The summed E-state index contributed by atoms with van der Waals surface area (Å²) in [4.78, 5) is 11.5. The molecule has 1 N–H and O–H groups in total. The van der Waals surface area contributed by atoms with E-state index in [1.807, 2.05) is 20.0 Å². The summed E-state index contributed by atoms with van der Waals surface area (Å²) >= 11 is 0. The summed E-state index contributed by atoms with van der Waals surface area (Å²) in [5, 5.41) is 3.43. The monoisotopic (exact) mass is 246 g/mol. The second-order valence-electron chi connectivity index (χ2n) is 5.69. The Morgan fingerprint density at radius 2 is 2.11 bits per heavy atom. The molecular formula is C14H22N4. The van der Waals surface area contributed by atoms with E-state index in [4.69, 9.17) is 0 Å². The highest BCUT2D eigenvalue weighted by molar-refractivity contribution is 5.33. The average Bonchev–Trinajstić information content (AvgIpc) is 3.11. The summed E-state index contributed by atoms with van der Waals surface area (Å²) in [5.41, 5.74) is 2.03. The van der Waals surface area contributed by atoms with Crippen LogP contribution in [-0.2, 0) is 0 Å². The standard InChI is InChI=1S/C14H22N4/c1-10-11(2)17-14(8-15-10)16-7-12-5-6-18(9-12)13-3-4-13/h8,12-13H,3-7,9H2,1-2H3,(H,16,17). The molecule has 1 saturated carbocycles. The van der Waals surface area contributed by atoms with Gasteiger partial charge in [0, 0.05) is 19.1 Å². The molecule has 1 aromatic rings. The summed E-state index contributed by atoms with van der Waals surface area (Å²) < 4.78 is 0. The van der Waals surface area contributed by atoms with Crippen molar-refractivity contribution in [1.82, 2.24) is 14.9 Å². The molecule has 1 unspecified atom stereocenters. The Balaban J connectivity index is 1.50. The van der Waals surface area contributed by atoms with E-state index in [1.54, 1.807) is 0 Å². The molecule has 18 heavy (non-hydrogen) atoms. The molecule has 1 aromatic heterocycles. The minimum atomic E-state index is 0.772. The molecule has 1 aliphatic heterocycles. The van der Waals surface area contributed by atoms with Gasteiger partial charge >= 0.3 is 0 Å². The van der Waals surface area contributed by atoms with Crippen molar-refractivity contribution in [3.8, 4) is 0 Å². The number of hydrogen-bond donors (Lipinski definition) is 1. The molecule has 98 valence electrons. The minimum Gasteiger partial charge on any atom is -0.368 e. The molecule has 2 fully saturated rings. The first-order chi connectivity index (χ1) is 8.72. The van der Waals surface area contributed by atoms with E-state index in [0.717, 1.165) is 35.7 Å². The van der Waals surface area contributed by atoms with Crippen molar-refractivity contribution in [2.24, 2.45) is 5.92 Å². The Labute approximate surface area is 109 Å². The molecule has 3 rings (SSSR count). The summed E-state index contributed by atoms with van der Waals surface area (Å²) in [6.45, 7) is 7.58. The van der Waals surface area contributed by atoms with Crippen LogP contribution in [-0.4, -0.2) is 40.5 Å². The lowest BCUT2D eigenvalue weighted by molar-refractivity contribution is 0.316. The fourth-order valence-corrected chi connectivity index (χ4v) is 2.68. The quantitative estimate of drug-likeness (QED) is 0.882. The Hall–Kier alpha value is -1.16. The molecule has 1 atom stereocenters. The van der Waals surface area contributed by atoms with Crippen molar-refractivity contribution < 1.29 is 0 Å². The molecule has 4 heteroatoms. The van der Waals surface area contributed by atoms with Crippen LogP contribution in [0, 0.1) is 19.8 Å². The van der Waals surface area contributed by atoms with Crippen molar-refractivity contribution >= 4 is 5.82 Å². The van der Waals surface area contributed by atoms with Crippen molar-refractivity contribution in [2.75, 3.05) is 25.0 Å². The topological polar surface area (TPSA) is 41.1 Å². The van der Waals surface area contributed by atoms with Crippen molar-refractivity contribution in [1.29, 1.82) is 0 Å². The average molecular weight is 246 g/mol. The fraction of sp³-hybridized carbons (Fsp3) is 0.714. The molecule has 2 aliphatic rings. The lowest BCUT2D eigenvalue weighted by Crippen LogP contribution is -2.25. The van der Waals surface area contributed by atoms with Crippen LogP contribution < -0.4 is 5.32 Å². The maximum atomic E-state index is 4.51. The molecule has 0 aromatic carbocycles. The molecule has 0 bridgehead atoms. The Morgan fingerprint density at radius 1 is 1.28 bits per heavy atom. The van der Waals surface area contributed by atoms with Crippen LogP contribution in [0.2, 0.25) is 0 Å². The van der Waals surface area contributed by atoms with Gasteiger partial charge in [-0.25, -0.2) is 4.98 Å². The van der Waals surface area contributed by atoms with Gasteiger partial charge in [0.1, 0.15) is 5.82 Å². The van der Waals surface area contributed by atoms with Gasteiger partial charge in [-0.15, -0.1) is 0 Å². The number of hydrogen-bond acceptors (Lipinski definition) is 4. The van der Waals surface area contributed by atoms with E-state index < -0.39 is 0 Å². The maximum absolute atomic E-state index is 4.51. The Kier molecular flexibility index (Phi) is 3.20. The summed E-state index contributed by atoms with van der Waals surface area (Å²) in [6.07, 6.45) is 6.00. The SMILES string of the molecule is Cc1ncc(NCC2CCN(C3CC3)C2)nc1C. The van der Waals surface area contributed by atoms with Crippen LogP contribution in [0.25, 0.3) is 0 Å². The van der Waals surface area contributed by atoms with E-state index in [2.05, 4.69) is 20.2 Å². The van der Waals surface area contributed by atoms with Gasteiger partial charge < -0.3 is 10.2 Å². The molecule has 4 nitrogen and oxygen atoms in total. The van der Waals surface area contributed by atoms with Gasteiger partial charge in [0.25, 0.3) is 0 Å². The summed E-state index contributed by atoms with van der Waals surface area (Å²) in [6, 6.07) is 0.913. The molecule has 0 spiro atoms. The number of aryl methyl sites for hydroxylation is 2. The molecule has 2 heterocycles. The zero-order valence-electron chi connectivity index (χ0n) is 11.3. The first-order valence-electron chi connectivity index (χ1n) is 7.00. The highest BCUT2D eigenvalue weighted by atomic mass is 15.2. The first-order valence-corrected chi connectivity index (χ1v) is 7.00. The van der Waals surface area contributed by atoms with Crippen molar-refractivity contribution in [3.63, 3.8) is 0 Å². The molecule has 0 radical (unpaired) electrons. The second-order valence-corrected chi connectivity index (χ2v) is 5.69. The molecule has 1 saturated heterocycles. The van der Waals surface area contributed by atoms with E-state index in [-0.39, 0.29) is 0 Å². The largest absolute Gasteiger partial charge is 0.368 e. The third-order valence-corrected chi connectivity index (χ3v) is 4.14. The van der Waals surface area contributed by atoms with E-state index >= 15 is 0 Å². The van der Waals surface area contributed by atoms with Gasteiger partial charge in [-0.2, -0.15) is 0 Å². The Bertz CT molecular complexity index is 428. The van der Waals surface area contributed by atoms with Crippen molar-refractivity contribution in [2.45, 2.75) is 39.2 Å². The fourth-order valence-electron chi connectivity index (χ4n) is 2.68. The van der Waals surface area contributed by atoms with Crippen LogP contribution in [0.3, 0.4) is 0 Å². The van der Waals surface area contributed by atoms with Crippen LogP contribution in [0.5, 0.6) is 0 Å². The van der Waals surface area contributed by atoms with Gasteiger partial charge in [0.15, 0.2) is 0 Å². The predicted molar refractivity (Wildman–Crippen MR) is 72.7 cm³/mol. The van der Waals surface area contributed by atoms with Crippen LogP contribution >= 0.6 is 0 Å². The number of rotatable bonds is 4. The van der Waals surface area contributed by atoms with Gasteiger partial charge in [-0.1, -0.05) is 0 Å². The lowest BCUT2D eigenvalue weighted by Gasteiger charge is -2.15. The van der Waals surface area contributed by atoms with Gasteiger partial charge in [-0.3, -0.25) is 4.98 Å². The highest BCUT2D eigenvalue weighted by Gasteiger charge is 2.34. The van der Waals surface area contributed by atoms with Gasteiger partial charge in [0.05, 0.1) is 17.6 Å². The zero-order valence-corrected chi connectivity index (χ0v) is 11.3. The highest BCUT2D eigenvalue weighted by Crippen LogP contribution is 2.31. The zero-order chi connectivity index (χ0) is 12.5. The maximum Gasteiger partial charge on any atom is 0.144 e. The first kappa shape index (κ1) is 11.9. The number of likely N-dealkylation sites (tertiary alicyclic amines) is 1. The number of anilines is 1. The normalized spacial score (nSPS) is 24.4. The van der Waals surface area contributed by atoms with Crippen molar-refractivity contribution in [3.05, 3.63) is 17.6 Å². The molecule has 1 aliphatic carbocycles. The lowest BCUT2D eigenvalue weighted by atomic mass is 10.1. The van der Waals surface area contributed by atoms with Gasteiger partial charge in [0.2, 0.25) is 0 Å². The number of nitrogens with zero attached hydrogens (tertiary/aromatic N) is 3. The Morgan fingerprint density at radius 3 is 2.83 bits per heavy atom. The van der Waals surface area contributed by atoms with E-state index in [1.165, 1.54) is 32.4 Å². The smallest absolute Gasteiger partial charge is 0.144 e. The van der Waals surface area contributed by atoms with E-state index in [9.17, 15) is 0 Å². The molecular weight excluding hydrogens is 224 g/mol. The third kappa shape index (κ3) is 2.64.